The first-order valence-electron chi connectivity index (χ1n) is 7.30. The smallest absolute Gasteiger partial charge is 0.246 e. The Kier molecular flexibility index (Phi) is 4.09. The molecule has 1 atom stereocenters. The fourth-order valence-electron chi connectivity index (χ4n) is 2.89. The third kappa shape index (κ3) is 2.82. The molecule has 0 unspecified atom stereocenters. The lowest BCUT2D eigenvalue weighted by Crippen LogP contribution is -2.39. The van der Waals surface area contributed by atoms with Crippen molar-refractivity contribution in [3.05, 3.63) is 28.0 Å². The second kappa shape index (κ2) is 5.75. The second-order valence-electron chi connectivity index (χ2n) is 5.76. The van der Waals surface area contributed by atoms with E-state index in [0.717, 1.165) is 22.7 Å². The molecule has 0 radical (unpaired) electrons. The van der Waals surface area contributed by atoms with Gasteiger partial charge in [0.1, 0.15) is 4.90 Å². The molecule has 120 valence electrons. The quantitative estimate of drug-likeness (QED) is 0.858. The van der Waals surface area contributed by atoms with E-state index in [1.54, 1.807) is 40.5 Å². The Morgan fingerprint density at radius 3 is 2.73 bits per heavy atom. The van der Waals surface area contributed by atoms with E-state index >= 15 is 0 Å². The van der Waals surface area contributed by atoms with Crippen molar-refractivity contribution >= 4 is 21.4 Å². The summed E-state index contributed by atoms with van der Waals surface area (Å²) in [5.41, 5.74) is 0.551. The third-order valence-electron chi connectivity index (χ3n) is 3.96. The fraction of sp³-hybridized carbons (Fsp3) is 0.571. The maximum Gasteiger partial charge on any atom is 0.246 e. The normalized spacial score (nSPS) is 20.4. The highest BCUT2D eigenvalue weighted by Crippen LogP contribution is 2.32. The van der Waals surface area contributed by atoms with Crippen molar-refractivity contribution in [2.45, 2.75) is 37.5 Å². The minimum Gasteiger partial charge on any atom is -0.274 e. The molecule has 2 aromatic heterocycles. The van der Waals surface area contributed by atoms with Gasteiger partial charge in [0, 0.05) is 43.3 Å². The Bertz CT molecular complexity index is 779. The molecule has 0 aromatic carbocycles. The molecule has 0 spiro atoms. The predicted octanol–water partition coefficient (Wildman–Crippen LogP) is 2.06. The molecule has 0 saturated carbocycles. The Morgan fingerprint density at radius 1 is 1.36 bits per heavy atom. The monoisotopic (exact) mass is 340 g/mol. The van der Waals surface area contributed by atoms with Crippen LogP contribution in [0.25, 0.3) is 0 Å². The second-order valence-corrected chi connectivity index (χ2v) is 8.94. The topological polar surface area (TPSA) is 68.1 Å². The maximum atomic E-state index is 12.9. The van der Waals surface area contributed by atoms with Crippen LogP contribution in [0.15, 0.2) is 17.3 Å². The van der Waals surface area contributed by atoms with E-state index in [1.807, 2.05) is 13.1 Å². The summed E-state index contributed by atoms with van der Waals surface area (Å²) in [6.07, 6.45) is 5.30. The van der Waals surface area contributed by atoms with Gasteiger partial charge in [-0.1, -0.05) is 0 Å². The Balaban J connectivity index is 1.86. The zero-order valence-electron chi connectivity index (χ0n) is 13.0. The number of aromatic nitrogens is 3. The van der Waals surface area contributed by atoms with Gasteiger partial charge < -0.3 is 0 Å². The average molecular weight is 340 g/mol. The van der Waals surface area contributed by atoms with Crippen LogP contribution in [0.1, 0.15) is 34.3 Å². The molecular formula is C14H20N4O2S2. The highest BCUT2D eigenvalue weighted by Gasteiger charge is 2.33. The number of hydrogen-bond donors (Lipinski definition) is 0. The summed E-state index contributed by atoms with van der Waals surface area (Å²) in [5.74, 6) is 0.194. The van der Waals surface area contributed by atoms with Gasteiger partial charge in [0.25, 0.3) is 0 Å². The van der Waals surface area contributed by atoms with Gasteiger partial charge in [-0.2, -0.15) is 9.40 Å². The lowest BCUT2D eigenvalue weighted by atomic mass is 10.0. The number of nitrogens with zero attached hydrogens (tertiary/aromatic N) is 4. The fourth-order valence-corrected chi connectivity index (χ4v) is 5.52. The summed E-state index contributed by atoms with van der Waals surface area (Å²) < 4.78 is 28.9. The summed E-state index contributed by atoms with van der Waals surface area (Å²) in [5, 5.41) is 5.20. The SMILES string of the molecule is Cc1cnc([C@H]2CCCN(S(=O)(=O)c3cn(C)nc3C)C2)s1. The van der Waals surface area contributed by atoms with Crippen LogP contribution < -0.4 is 0 Å². The van der Waals surface area contributed by atoms with Crippen molar-refractivity contribution in [3.63, 3.8) is 0 Å². The van der Waals surface area contributed by atoms with E-state index in [2.05, 4.69) is 10.1 Å². The number of hydrogen-bond acceptors (Lipinski definition) is 5. The maximum absolute atomic E-state index is 12.9. The molecule has 1 aliphatic rings. The van der Waals surface area contributed by atoms with Crippen molar-refractivity contribution in [2.24, 2.45) is 7.05 Å². The van der Waals surface area contributed by atoms with Crippen LogP contribution in [0.2, 0.25) is 0 Å². The van der Waals surface area contributed by atoms with Crippen LogP contribution in [-0.4, -0.2) is 40.6 Å². The van der Waals surface area contributed by atoms with Gasteiger partial charge in [-0.05, 0) is 26.7 Å². The van der Waals surface area contributed by atoms with Gasteiger partial charge >= 0.3 is 0 Å². The Hall–Kier alpha value is -1.25. The van der Waals surface area contributed by atoms with E-state index < -0.39 is 10.0 Å². The van der Waals surface area contributed by atoms with Gasteiger partial charge in [-0.25, -0.2) is 13.4 Å². The van der Waals surface area contributed by atoms with E-state index in [0.29, 0.717) is 23.7 Å². The van der Waals surface area contributed by atoms with Crippen LogP contribution in [0, 0.1) is 13.8 Å². The molecule has 6 nitrogen and oxygen atoms in total. The van der Waals surface area contributed by atoms with Gasteiger partial charge in [-0.15, -0.1) is 11.3 Å². The average Bonchev–Trinajstić information content (AvgIpc) is 3.05. The summed E-state index contributed by atoms with van der Waals surface area (Å²) in [4.78, 5) is 5.91. The van der Waals surface area contributed by atoms with Crippen LogP contribution in [0.5, 0.6) is 0 Å². The van der Waals surface area contributed by atoms with Crippen molar-refractivity contribution in [2.75, 3.05) is 13.1 Å². The number of aryl methyl sites for hydroxylation is 3. The molecule has 0 N–H and O–H groups in total. The van der Waals surface area contributed by atoms with Gasteiger partial charge in [0.15, 0.2) is 0 Å². The van der Waals surface area contributed by atoms with Gasteiger partial charge in [-0.3, -0.25) is 4.68 Å². The zero-order chi connectivity index (χ0) is 15.9. The zero-order valence-corrected chi connectivity index (χ0v) is 14.6. The highest BCUT2D eigenvalue weighted by atomic mass is 32.2. The molecule has 1 saturated heterocycles. The molecule has 0 amide bonds. The molecule has 1 aliphatic heterocycles. The summed E-state index contributed by atoms with van der Waals surface area (Å²) in [7, 11) is -1.74. The van der Waals surface area contributed by atoms with Crippen LogP contribution in [-0.2, 0) is 17.1 Å². The van der Waals surface area contributed by atoms with Gasteiger partial charge in [0.2, 0.25) is 10.0 Å². The minimum absolute atomic E-state index is 0.194. The first-order chi connectivity index (χ1) is 10.4. The van der Waals surface area contributed by atoms with Crippen LogP contribution in [0.3, 0.4) is 0 Å². The largest absolute Gasteiger partial charge is 0.274 e. The number of piperidine rings is 1. The molecule has 1 fully saturated rings. The van der Waals surface area contributed by atoms with Gasteiger partial charge in [0.05, 0.1) is 10.7 Å². The number of rotatable bonds is 3. The molecule has 0 aliphatic carbocycles. The Morgan fingerprint density at radius 2 is 2.14 bits per heavy atom. The molecular weight excluding hydrogens is 320 g/mol. The standard InChI is InChI=1S/C14H20N4O2S2/c1-10-7-15-14(21-10)12-5-4-6-18(8-12)22(19,20)13-9-17(3)16-11(13)2/h7,9,12H,4-6,8H2,1-3H3/t12-/m0/s1. The molecule has 2 aromatic rings. The summed E-state index contributed by atoms with van der Waals surface area (Å²) >= 11 is 1.66. The molecule has 0 bridgehead atoms. The van der Waals surface area contributed by atoms with E-state index in [-0.39, 0.29) is 5.92 Å². The summed E-state index contributed by atoms with van der Waals surface area (Å²) in [6, 6.07) is 0. The van der Waals surface area contributed by atoms with Crippen LogP contribution >= 0.6 is 11.3 Å². The first kappa shape index (κ1) is 15.6. The number of sulfonamides is 1. The summed E-state index contributed by atoms with van der Waals surface area (Å²) in [6.45, 7) is 4.83. The van der Waals surface area contributed by atoms with E-state index in [9.17, 15) is 8.42 Å². The molecule has 3 heterocycles. The van der Waals surface area contributed by atoms with Crippen molar-refractivity contribution in [3.8, 4) is 0 Å². The van der Waals surface area contributed by atoms with Crippen LogP contribution in [0.4, 0.5) is 0 Å². The first-order valence-corrected chi connectivity index (χ1v) is 9.56. The third-order valence-corrected chi connectivity index (χ3v) is 7.00. The number of thiazole rings is 1. The predicted molar refractivity (Wildman–Crippen MR) is 85.5 cm³/mol. The van der Waals surface area contributed by atoms with Crippen molar-refractivity contribution in [1.82, 2.24) is 19.1 Å². The highest BCUT2D eigenvalue weighted by molar-refractivity contribution is 7.89. The minimum atomic E-state index is -3.48. The van der Waals surface area contributed by atoms with E-state index in [1.165, 1.54) is 0 Å². The lowest BCUT2D eigenvalue weighted by Gasteiger charge is -2.30. The lowest BCUT2D eigenvalue weighted by molar-refractivity contribution is 0.315. The molecule has 22 heavy (non-hydrogen) atoms. The Labute approximate surface area is 134 Å². The van der Waals surface area contributed by atoms with E-state index in [4.69, 9.17) is 0 Å². The van der Waals surface area contributed by atoms with Crippen molar-refractivity contribution in [1.29, 1.82) is 0 Å². The molecule has 3 rings (SSSR count). The van der Waals surface area contributed by atoms with Crippen molar-refractivity contribution < 1.29 is 8.42 Å². The molecule has 8 heteroatoms.